The fraction of sp³-hybridized carbons (Fsp3) is 0. The zero-order valence-electron chi connectivity index (χ0n) is 6.87. The lowest BCUT2D eigenvalue weighted by molar-refractivity contribution is 0.426. The molecule has 0 atom stereocenters. The van der Waals surface area contributed by atoms with E-state index in [2.05, 4.69) is 0 Å². The Hall–Kier alpha value is -0.175. The number of rotatable bonds is 1. The van der Waals surface area contributed by atoms with Gasteiger partial charge in [0.05, 0.1) is 0 Å². The molecule has 2 N–H and O–H groups in total. The predicted molar refractivity (Wildman–Crippen MR) is 64.3 cm³/mol. The van der Waals surface area contributed by atoms with Gasteiger partial charge in [0.15, 0.2) is 0 Å². The van der Waals surface area contributed by atoms with E-state index < -0.39 is 7.12 Å². The molecule has 1 aromatic carbocycles. The van der Waals surface area contributed by atoms with Crippen LogP contribution in [0.5, 0.6) is 0 Å². The summed E-state index contributed by atoms with van der Waals surface area (Å²) in [6.45, 7) is 0. The van der Waals surface area contributed by atoms with E-state index in [0.717, 1.165) is 10.1 Å². The lowest BCUT2D eigenvalue weighted by atomic mass is 9.89. The fourth-order valence-electron chi connectivity index (χ4n) is 1.22. The summed E-state index contributed by atoms with van der Waals surface area (Å²) in [7, 11) is -1.48. The SMILES string of the molecule is OB(O)c1sc2ccc(F)cc2c1I. The third-order valence-electron chi connectivity index (χ3n) is 1.85. The second-order valence-electron chi connectivity index (χ2n) is 2.79. The van der Waals surface area contributed by atoms with Crippen molar-refractivity contribution >= 4 is 55.9 Å². The molecule has 0 fully saturated rings. The van der Waals surface area contributed by atoms with Gasteiger partial charge in [0.25, 0.3) is 0 Å². The highest BCUT2D eigenvalue weighted by molar-refractivity contribution is 14.1. The first-order valence-electron chi connectivity index (χ1n) is 3.83. The molecule has 2 aromatic rings. The molecule has 0 amide bonds. The maximum atomic E-state index is 12.9. The minimum absolute atomic E-state index is 0.313. The van der Waals surface area contributed by atoms with Crippen molar-refractivity contribution in [3.8, 4) is 0 Å². The number of hydrogen-bond donors (Lipinski definition) is 2. The second-order valence-corrected chi connectivity index (χ2v) is 4.96. The molecule has 0 aliphatic rings. The highest BCUT2D eigenvalue weighted by atomic mass is 127. The van der Waals surface area contributed by atoms with Crippen LogP contribution in [0.15, 0.2) is 18.2 Å². The average Bonchev–Trinajstić information content (AvgIpc) is 2.44. The number of halogens is 2. The topological polar surface area (TPSA) is 40.5 Å². The minimum atomic E-state index is -1.48. The molecular weight excluding hydrogens is 317 g/mol. The van der Waals surface area contributed by atoms with Gasteiger partial charge in [0.2, 0.25) is 0 Å². The van der Waals surface area contributed by atoms with E-state index in [1.807, 2.05) is 22.6 Å². The Balaban J connectivity index is 2.74. The Morgan fingerprint density at radius 3 is 2.71 bits per heavy atom. The smallest absolute Gasteiger partial charge is 0.423 e. The van der Waals surface area contributed by atoms with E-state index in [9.17, 15) is 4.39 Å². The first-order valence-corrected chi connectivity index (χ1v) is 5.72. The van der Waals surface area contributed by atoms with Gasteiger partial charge in [-0.1, -0.05) is 0 Å². The van der Waals surface area contributed by atoms with Gasteiger partial charge < -0.3 is 10.0 Å². The van der Waals surface area contributed by atoms with Crippen molar-refractivity contribution in [3.63, 3.8) is 0 Å². The van der Waals surface area contributed by atoms with Crippen LogP contribution in [0.3, 0.4) is 0 Å². The summed E-state index contributed by atoms with van der Waals surface area (Å²) in [5.74, 6) is -0.313. The van der Waals surface area contributed by atoms with Crippen LogP contribution in [0.1, 0.15) is 0 Å². The van der Waals surface area contributed by atoms with Crippen molar-refractivity contribution in [1.29, 1.82) is 0 Å². The predicted octanol–water partition coefficient (Wildman–Crippen LogP) is 1.32. The molecule has 6 heteroatoms. The molecule has 2 rings (SSSR count). The zero-order chi connectivity index (χ0) is 10.3. The standard InChI is InChI=1S/C8H5BFIO2S/c10-4-1-2-6-5(3-4)7(11)8(14-6)9(12)13/h1-3,12-13H. The molecule has 0 aliphatic heterocycles. The van der Waals surface area contributed by atoms with Crippen LogP contribution in [0.4, 0.5) is 4.39 Å². The molecule has 0 radical (unpaired) electrons. The molecule has 0 saturated heterocycles. The van der Waals surface area contributed by atoms with Gasteiger partial charge in [-0.3, -0.25) is 0 Å². The number of hydrogen-bond acceptors (Lipinski definition) is 3. The van der Waals surface area contributed by atoms with Crippen molar-refractivity contribution < 1.29 is 14.4 Å². The van der Waals surface area contributed by atoms with Gasteiger partial charge in [-0.2, -0.15) is 0 Å². The Labute approximate surface area is 97.7 Å². The molecule has 0 saturated carbocycles. The summed E-state index contributed by atoms with van der Waals surface area (Å²) < 4.78 is 14.9. The van der Waals surface area contributed by atoms with E-state index in [1.54, 1.807) is 6.07 Å². The molecule has 0 aliphatic carbocycles. The third kappa shape index (κ3) is 1.67. The maximum Gasteiger partial charge on any atom is 0.500 e. The van der Waals surface area contributed by atoms with Crippen LogP contribution >= 0.6 is 33.9 Å². The maximum absolute atomic E-state index is 12.9. The fourth-order valence-corrected chi connectivity index (χ4v) is 3.41. The summed E-state index contributed by atoms with van der Waals surface area (Å²) in [4.78, 5) is 0. The van der Waals surface area contributed by atoms with Crippen LogP contribution in [0.2, 0.25) is 0 Å². The second kappa shape index (κ2) is 3.76. The summed E-state index contributed by atoms with van der Waals surface area (Å²) >= 11 is 3.26. The molecule has 1 heterocycles. The number of thiophene rings is 1. The van der Waals surface area contributed by atoms with Gasteiger partial charge in [-0.25, -0.2) is 4.39 Å². The first-order chi connectivity index (χ1) is 6.59. The summed E-state index contributed by atoms with van der Waals surface area (Å²) in [6.07, 6.45) is 0. The van der Waals surface area contributed by atoms with Gasteiger partial charge in [0.1, 0.15) is 5.82 Å². The van der Waals surface area contributed by atoms with Gasteiger partial charge in [-0.05, 0) is 40.8 Å². The molecule has 1 aromatic heterocycles. The zero-order valence-corrected chi connectivity index (χ0v) is 9.84. The Bertz CT molecular complexity index is 485. The van der Waals surface area contributed by atoms with Gasteiger partial charge >= 0.3 is 7.12 Å². The highest BCUT2D eigenvalue weighted by Crippen LogP contribution is 2.26. The third-order valence-corrected chi connectivity index (χ3v) is 4.59. The van der Waals surface area contributed by atoms with Crippen molar-refractivity contribution in [2.75, 3.05) is 0 Å². The highest BCUT2D eigenvalue weighted by Gasteiger charge is 2.20. The molecule has 14 heavy (non-hydrogen) atoms. The monoisotopic (exact) mass is 322 g/mol. The summed E-state index contributed by atoms with van der Waals surface area (Å²) in [5.41, 5.74) is 0. The van der Waals surface area contributed by atoms with E-state index in [0.29, 0.717) is 8.35 Å². The Morgan fingerprint density at radius 1 is 1.36 bits per heavy atom. The average molecular weight is 322 g/mol. The summed E-state index contributed by atoms with van der Waals surface area (Å²) in [6, 6.07) is 4.41. The van der Waals surface area contributed by atoms with E-state index in [-0.39, 0.29) is 5.82 Å². The Morgan fingerprint density at radius 2 is 2.07 bits per heavy atom. The van der Waals surface area contributed by atoms with Crippen molar-refractivity contribution in [1.82, 2.24) is 0 Å². The van der Waals surface area contributed by atoms with E-state index in [1.165, 1.54) is 23.5 Å². The number of benzene rings is 1. The van der Waals surface area contributed by atoms with Crippen molar-refractivity contribution in [2.24, 2.45) is 0 Å². The van der Waals surface area contributed by atoms with Gasteiger partial charge in [-0.15, -0.1) is 11.3 Å². The lowest BCUT2D eigenvalue weighted by Crippen LogP contribution is -2.28. The normalized spacial score (nSPS) is 10.9. The first kappa shape index (κ1) is 10.3. The molecule has 0 bridgehead atoms. The van der Waals surface area contributed by atoms with Crippen molar-refractivity contribution in [3.05, 3.63) is 27.6 Å². The molecular formula is C8H5BFIO2S. The van der Waals surface area contributed by atoms with E-state index >= 15 is 0 Å². The van der Waals surface area contributed by atoms with Crippen LogP contribution < -0.4 is 4.78 Å². The Kier molecular flexibility index (Phi) is 2.78. The number of fused-ring (bicyclic) bond motifs is 1. The van der Waals surface area contributed by atoms with Crippen LogP contribution in [-0.4, -0.2) is 17.2 Å². The molecule has 0 spiro atoms. The van der Waals surface area contributed by atoms with Gasteiger partial charge in [0, 0.05) is 18.4 Å². The van der Waals surface area contributed by atoms with Crippen LogP contribution in [0.25, 0.3) is 10.1 Å². The summed E-state index contributed by atoms with van der Waals surface area (Å²) in [5, 5.41) is 18.8. The van der Waals surface area contributed by atoms with Crippen molar-refractivity contribution in [2.45, 2.75) is 0 Å². The molecule has 72 valence electrons. The molecule has 0 unspecified atom stereocenters. The minimum Gasteiger partial charge on any atom is -0.423 e. The van der Waals surface area contributed by atoms with Crippen LogP contribution in [0, 0.1) is 9.39 Å². The largest absolute Gasteiger partial charge is 0.500 e. The molecule has 2 nitrogen and oxygen atoms in total. The van der Waals surface area contributed by atoms with Crippen LogP contribution in [-0.2, 0) is 0 Å². The lowest BCUT2D eigenvalue weighted by Gasteiger charge is -1.93. The quantitative estimate of drug-likeness (QED) is 0.614. The van der Waals surface area contributed by atoms with E-state index in [4.69, 9.17) is 10.0 Å².